The summed E-state index contributed by atoms with van der Waals surface area (Å²) in [5.74, 6) is 1.33. The van der Waals surface area contributed by atoms with Crippen LogP contribution < -0.4 is 4.74 Å². The van der Waals surface area contributed by atoms with Gasteiger partial charge in [-0.05, 0) is 24.6 Å². The normalized spacial score (nSPS) is 12.3. The smallest absolute Gasteiger partial charge is 0.122 e. The van der Waals surface area contributed by atoms with Crippen molar-refractivity contribution < 1.29 is 9.84 Å². The molecule has 1 aromatic heterocycles. The van der Waals surface area contributed by atoms with Gasteiger partial charge in [0.15, 0.2) is 0 Å². The van der Waals surface area contributed by atoms with Gasteiger partial charge in [-0.15, -0.1) is 11.8 Å². The number of para-hydroxylation sites is 2. The van der Waals surface area contributed by atoms with Crippen LogP contribution in [0.4, 0.5) is 0 Å². The molecule has 0 radical (unpaired) electrons. The number of hydrogen-bond donors (Lipinski definition) is 1. The first-order chi connectivity index (χ1) is 11.2. The van der Waals surface area contributed by atoms with Crippen molar-refractivity contribution in [1.82, 2.24) is 9.97 Å². The van der Waals surface area contributed by atoms with Gasteiger partial charge in [0.2, 0.25) is 0 Å². The second kappa shape index (κ2) is 7.44. The number of aromatic nitrogens is 2. The molecule has 4 nitrogen and oxygen atoms in total. The van der Waals surface area contributed by atoms with Crippen LogP contribution >= 0.6 is 11.8 Å². The molecule has 23 heavy (non-hydrogen) atoms. The van der Waals surface area contributed by atoms with Crippen molar-refractivity contribution in [2.24, 2.45) is 0 Å². The summed E-state index contributed by atoms with van der Waals surface area (Å²) in [4.78, 5) is 8.55. The highest BCUT2D eigenvalue weighted by molar-refractivity contribution is 7.99. The van der Waals surface area contributed by atoms with E-state index in [1.807, 2.05) is 55.5 Å². The molecule has 3 rings (SSSR count). The van der Waals surface area contributed by atoms with E-state index in [0.717, 1.165) is 27.2 Å². The molecule has 0 aliphatic carbocycles. The summed E-state index contributed by atoms with van der Waals surface area (Å²) in [6.07, 6.45) is 0.995. The van der Waals surface area contributed by atoms with Crippen molar-refractivity contribution in [2.75, 3.05) is 12.4 Å². The Hall–Kier alpha value is -2.11. The number of aliphatic hydroxyl groups excluding tert-OH is 1. The molecule has 0 aliphatic rings. The maximum absolute atomic E-state index is 10.1. The maximum Gasteiger partial charge on any atom is 0.122 e. The zero-order chi connectivity index (χ0) is 16.1. The predicted octanol–water partition coefficient (Wildman–Crippen LogP) is 3.47. The first-order valence-electron chi connectivity index (χ1n) is 7.43. The van der Waals surface area contributed by atoms with E-state index >= 15 is 0 Å². The molecule has 118 valence electrons. The van der Waals surface area contributed by atoms with Crippen LogP contribution in [0.1, 0.15) is 5.56 Å². The Bertz CT molecular complexity index is 789. The zero-order valence-corrected chi connectivity index (χ0v) is 13.7. The maximum atomic E-state index is 10.1. The number of aliphatic hydroxyl groups is 1. The van der Waals surface area contributed by atoms with E-state index in [9.17, 15) is 5.11 Å². The summed E-state index contributed by atoms with van der Waals surface area (Å²) >= 11 is 1.52. The molecule has 0 amide bonds. The fourth-order valence-corrected chi connectivity index (χ4v) is 3.12. The van der Waals surface area contributed by atoms with Crippen LogP contribution in [0.15, 0.2) is 59.9 Å². The summed E-state index contributed by atoms with van der Waals surface area (Å²) in [5, 5.41) is 12.0. The van der Waals surface area contributed by atoms with Crippen molar-refractivity contribution in [3.8, 4) is 5.75 Å². The molecule has 0 bridgehead atoms. The molecule has 1 N–H and O–H groups in total. The fourth-order valence-electron chi connectivity index (χ4n) is 2.22. The van der Waals surface area contributed by atoms with Gasteiger partial charge in [-0.25, -0.2) is 9.97 Å². The summed E-state index contributed by atoms with van der Waals surface area (Å²) < 4.78 is 5.68. The first-order valence-corrected chi connectivity index (χ1v) is 8.41. The second-order valence-corrected chi connectivity index (χ2v) is 6.25. The lowest BCUT2D eigenvalue weighted by Crippen LogP contribution is -2.20. The molecular formula is C18H18N2O2S. The number of hydrogen-bond acceptors (Lipinski definition) is 5. The number of benzene rings is 2. The molecule has 0 fully saturated rings. The number of aryl methyl sites for hydroxylation is 1. The van der Waals surface area contributed by atoms with E-state index < -0.39 is 6.10 Å². The van der Waals surface area contributed by atoms with E-state index in [4.69, 9.17) is 4.74 Å². The number of nitrogens with zero attached hydrogens (tertiary/aromatic N) is 2. The van der Waals surface area contributed by atoms with Crippen molar-refractivity contribution >= 4 is 22.7 Å². The molecular weight excluding hydrogens is 308 g/mol. The molecule has 0 saturated carbocycles. The standard InChI is InChI=1S/C18H18N2O2S/c1-13-6-2-5-9-17(13)22-10-14(21)11-23-18-15-7-3-4-8-16(15)19-12-20-18/h2-9,12,14,21H,10-11H2,1H3/t14-/m0/s1. The second-order valence-electron chi connectivity index (χ2n) is 5.24. The van der Waals surface area contributed by atoms with Gasteiger partial charge in [-0.1, -0.05) is 36.4 Å². The van der Waals surface area contributed by atoms with Crippen molar-refractivity contribution in [1.29, 1.82) is 0 Å². The summed E-state index contributed by atoms with van der Waals surface area (Å²) in [7, 11) is 0. The van der Waals surface area contributed by atoms with Crippen molar-refractivity contribution in [3.05, 3.63) is 60.4 Å². The SMILES string of the molecule is Cc1ccccc1OC[C@H](O)CSc1ncnc2ccccc12. The van der Waals surface area contributed by atoms with Gasteiger partial charge >= 0.3 is 0 Å². The molecule has 2 aromatic carbocycles. The monoisotopic (exact) mass is 326 g/mol. The van der Waals surface area contributed by atoms with Crippen LogP contribution in [0.2, 0.25) is 0 Å². The third-order valence-corrected chi connectivity index (χ3v) is 4.59. The van der Waals surface area contributed by atoms with Crippen molar-refractivity contribution in [3.63, 3.8) is 0 Å². The van der Waals surface area contributed by atoms with Crippen LogP contribution in [0.3, 0.4) is 0 Å². The number of ether oxygens (including phenoxy) is 1. The van der Waals surface area contributed by atoms with Gasteiger partial charge in [-0.3, -0.25) is 0 Å². The minimum atomic E-state index is -0.562. The van der Waals surface area contributed by atoms with Crippen LogP contribution in [-0.4, -0.2) is 33.5 Å². The van der Waals surface area contributed by atoms with Gasteiger partial charge in [0, 0.05) is 11.1 Å². The summed E-state index contributed by atoms with van der Waals surface area (Å²) in [6, 6.07) is 15.7. The predicted molar refractivity (Wildman–Crippen MR) is 92.9 cm³/mol. The third kappa shape index (κ3) is 4.00. The molecule has 0 aliphatic heterocycles. The topological polar surface area (TPSA) is 55.2 Å². The first kappa shape index (κ1) is 15.8. The third-order valence-electron chi connectivity index (χ3n) is 3.44. The summed E-state index contributed by atoms with van der Waals surface area (Å²) in [6.45, 7) is 2.25. The quantitative estimate of drug-likeness (QED) is 0.555. The average Bonchev–Trinajstić information content (AvgIpc) is 2.59. The van der Waals surface area contributed by atoms with Gasteiger partial charge < -0.3 is 9.84 Å². The largest absolute Gasteiger partial charge is 0.491 e. The minimum Gasteiger partial charge on any atom is -0.491 e. The Morgan fingerprint density at radius 2 is 1.87 bits per heavy atom. The highest BCUT2D eigenvalue weighted by Gasteiger charge is 2.10. The molecule has 0 unspecified atom stereocenters. The molecule has 3 aromatic rings. The Balaban J connectivity index is 1.58. The lowest BCUT2D eigenvalue weighted by Gasteiger charge is -2.13. The molecule has 0 saturated heterocycles. The number of thioether (sulfide) groups is 1. The zero-order valence-electron chi connectivity index (χ0n) is 12.8. The van der Waals surface area contributed by atoms with Gasteiger partial charge in [-0.2, -0.15) is 0 Å². The molecule has 5 heteroatoms. The van der Waals surface area contributed by atoms with Gasteiger partial charge in [0.25, 0.3) is 0 Å². The number of rotatable bonds is 6. The average molecular weight is 326 g/mol. The molecule has 1 atom stereocenters. The Morgan fingerprint density at radius 1 is 1.09 bits per heavy atom. The van der Waals surface area contributed by atoms with E-state index in [-0.39, 0.29) is 6.61 Å². The minimum absolute atomic E-state index is 0.265. The van der Waals surface area contributed by atoms with Crippen LogP contribution in [0, 0.1) is 6.92 Å². The Kier molecular flexibility index (Phi) is 5.10. The highest BCUT2D eigenvalue weighted by Crippen LogP contribution is 2.25. The molecule has 0 spiro atoms. The van der Waals surface area contributed by atoms with E-state index in [2.05, 4.69) is 9.97 Å². The van der Waals surface area contributed by atoms with E-state index in [0.29, 0.717) is 5.75 Å². The van der Waals surface area contributed by atoms with Crippen LogP contribution in [0.25, 0.3) is 10.9 Å². The molecule has 1 heterocycles. The Labute approximate surface area is 139 Å². The lowest BCUT2D eigenvalue weighted by molar-refractivity contribution is 0.126. The van der Waals surface area contributed by atoms with E-state index in [1.165, 1.54) is 11.8 Å². The van der Waals surface area contributed by atoms with Gasteiger partial charge in [0.05, 0.1) is 11.6 Å². The lowest BCUT2D eigenvalue weighted by atomic mass is 10.2. The highest BCUT2D eigenvalue weighted by atomic mass is 32.2. The van der Waals surface area contributed by atoms with E-state index in [1.54, 1.807) is 6.33 Å². The van der Waals surface area contributed by atoms with Gasteiger partial charge in [0.1, 0.15) is 23.7 Å². The number of fused-ring (bicyclic) bond motifs is 1. The fraction of sp³-hybridized carbons (Fsp3) is 0.222. The summed E-state index contributed by atoms with van der Waals surface area (Å²) in [5.41, 5.74) is 1.98. The van der Waals surface area contributed by atoms with Crippen LogP contribution in [0.5, 0.6) is 5.75 Å². The van der Waals surface area contributed by atoms with Crippen molar-refractivity contribution in [2.45, 2.75) is 18.1 Å². The Morgan fingerprint density at radius 3 is 2.74 bits per heavy atom. The van der Waals surface area contributed by atoms with Crippen LogP contribution in [-0.2, 0) is 0 Å².